The second kappa shape index (κ2) is 8.04. The highest BCUT2D eigenvalue weighted by Crippen LogP contribution is 2.12. The van der Waals surface area contributed by atoms with E-state index in [0.717, 1.165) is 11.1 Å². The molecule has 2 aromatic carbocycles. The number of para-hydroxylation sites is 1. The standard InChI is InChI=1S/C21H22N4O3/c1-14-5-4-6-17-20(14)22-13-25(21(17)28)12-18(26)23-16-9-7-15(8-10-16)11-19(27)24(2)3/h4-10,13H,11-12H2,1-3H3,(H,23,26). The van der Waals surface area contributed by atoms with Gasteiger partial charge < -0.3 is 10.2 Å². The van der Waals surface area contributed by atoms with E-state index in [2.05, 4.69) is 10.3 Å². The Labute approximate surface area is 162 Å². The van der Waals surface area contributed by atoms with E-state index in [1.54, 1.807) is 50.5 Å². The number of hydrogen-bond donors (Lipinski definition) is 1. The summed E-state index contributed by atoms with van der Waals surface area (Å²) in [5, 5.41) is 3.25. The molecule has 7 nitrogen and oxygen atoms in total. The molecule has 3 rings (SSSR count). The first-order valence-corrected chi connectivity index (χ1v) is 8.89. The summed E-state index contributed by atoms with van der Waals surface area (Å²) >= 11 is 0. The molecule has 0 radical (unpaired) electrons. The monoisotopic (exact) mass is 378 g/mol. The van der Waals surface area contributed by atoms with Crippen LogP contribution in [0.3, 0.4) is 0 Å². The van der Waals surface area contributed by atoms with Gasteiger partial charge in [0.15, 0.2) is 0 Å². The average molecular weight is 378 g/mol. The minimum Gasteiger partial charge on any atom is -0.349 e. The minimum absolute atomic E-state index is 0.00945. The second-order valence-electron chi connectivity index (χ2n) is 6.86. The van der Waals surface area contributed by atoms with Gasteiger partial charge in [-0.1, -0.05) is 24.3 Å². The van der Waals surface area contributed by atoms with Crippen LogP contribution in [0.25, 0.3) is 10.9 Å². The lowest BCUT2D eigenvalue weighted by Gasteiger charge is -2.11. The van der Waals surface area contributed by atoms with Crippen molar-refractivity contribution < 1.29 is 9.59 Å². The topological polar surface area (TPSA) is 84.3 Å². The third kappa shape index (κ3) is 4.25. The smallest absolute Gasteiger partial charge is 0.261 e. The fourth-order valence-electron chi connectivity index (χ4n) is 2.84. The zero-order chi connectivity index (χ0) is 20.3. The number of carbonyl (C=O) groups is 2. The van der Waals surface area contributed by atoms with Gasteiger partial charge >= 0.3 is 0 Å². The van der Waals surface area contributed by atoms with Gasteiger partial charge in [0.1, 0.15) is 6.54 Å². The van der Waals surface area contributed by atoms with E-state index in [1.807, 2.05) is 13.0 Å². The number of nitrogens with one attached hydrogen (secondary N) is 1. The first-order valence-electron chi connectivity index (χ1n) is 8.89. The lowest BCUT2D eigenvalue weighted by Crippen LogP contribution is -2.28. The molecule has 144 valence electrons. The summed E-state index contributed by atoms with van der Waals surface area (Å²) in [6.45, 7) is 1.76. The lowest BCUT2D eigenvalue weighted by atomic mass is 10.1. The van der Waals surface area contributed by atoms with Gasteiger partial charge in [-0.15, -0.1) is 0 Å². The van der Waals surface area contributed by atoms with Crippen molar-refractivity contribution in [3.05, 3.63) is 70.3 Å². The third-order valence-electron chi connectivity index (χ3n) is 4.46. The molecule has 0 bridgehead atoms. The predicted octanol–water partition coefficient (Wildman–Crippen LogP) is 1.97. The molecular formula is C21H22N4O3. The largest absolute Gasteiger partial charge is 0.349 e. The Bertz CT molecular complexity index is 1080. The molecule has 28 heavy (non-hydrogen) atoms. The number of hydrogen-bond acceptors (Lipinski definition) is 4. The number of fused-ring (bicyclic) bond motifs is 1. The Kier molecular flexibility index (Phi) is 5.54. The number of nitrogens with zero attached hydrogens (tertiary/aromatic N) is 3. The quantitative estimate of drug-likeness (QED) is 0.736. The summed E-state index contributed by atoms with van der Waals surface area (Å²) in [5.41, 5.74) is 2.78. The van der Waals surface area contributed by atoms with Gasteiger partial charge in [0.25, 0.3) is 5.56 Å². The Morgan fingerprint density at radius 3 is 2.50 bits per heavy atom. The van der Waals surface area contributed by atoms with E-state index >= 15 is 0 Å². The maximum Gasteiger partial charge on any atom is 0.261 e. The Morgan fingerprint density at radius 1 is 1.11 bits per heavy atom. The second-order valence-corrected chi connectivity index (χ2v) is 6.86. The molecule has 0 aliphatic carbocycles. The molecule has 0 saturated heterocycles. The summed E-state index contributed by atoms with van der Waals surface area (Å²) in [5.74, 6) is -0.316. The van der Waals surface area contributed by atoms with E-state index in [-0.39, 0.29) is 23.9 Å². The van der Waals surface area contributed by atoms with Crippen LogP contribution >= 0.6 is 0 Å². The van der Waals surface area contributed by atoms with Gasteiger partial charge in [0.2, 0.25) is 11.8 Å². The van der Waals surface area contributed by atoms with Gasteiger partial charge in [-0.3, -0.25) is 19.0 Å². The van der Waals surface area contributed by atoms with Crippen LogP contribution in [0, 0.1) is 6.92 Å². The van der Waals surface area contributed by atoms with Gasteiger partial charge in [0.05, 0.1) is 23.7 Å². The van der Waals surface area contributed by atoms with Crippen molar-refractivity contribution in [2.45, 2.75) is 19.9 Å². The molecule has 0 aliphatic rings. The van der Waals surface area contributed by atoms with Crippen LogP contribution in [0.15, 0.2) is 53.6 Å². The summed E-state index contributed by atoms with van der Waals surface area (Å²) < 4.78 is 1.29. The molecular weight excluding hydrogens is 356 g/mol. The molecule has 0 saturated carbocycles. The Balaban J connectivity index is 1.69. The normalized spacial score (nSPS) is 10.7. The number of carbonyl (C=O) groups excluding carboxylic acids is 2. The number of likely N-dealkylation sites (N-methyl/N-ethyl adjacent to an activating group) is 1. The number of benzene rings is 2. The molecule has 0 unspecified atom stereocenters. The lowest BCUT2D eigenvalue weighted by molar-refractivity contribution is -0.128. The van der Waals surface area contributed by atoms with Crippen molar-refractivity contribution in [2.75, 3.05) is 19.4 Å². The molecule has 1 aromatic heterocycles. The van der Waals surface area contributed by atoms with Crippen LogP contribution in [-0.4, -0.2) is 40.4 Å². The van der Waals surface area contributed by atoms with E-state index in [4.69, 9.17) is 0 Å². The molecule has 2 amide bonds. The minimum atomic E-state index is -0.326. The van der Waals surface area contributed by atoms with E-state index < -0.39 is 0 Å². The molecule has 3 aromatic rings. The highest BCUT2D eigenvalue weighted by molar-refractivity contribution is 5.91. The van der Waals surface area contributed by atoms with Crippen molar-refractivity contribution in [1.82, 2.24) is 14.5 Å². The summed E-state index contributed by atoms with van der Waals surface area (Å²) in [6, 6.07) is 12.5. The maximum atomic E-state index is 12.6. The molecule has 0 spiro atoms. The number of aromatic nitrogens is 2. The summed E-state index contributed by atoms with van der Waals surface area (Å²) in [4.78, 5) is 42.5. The van der Waals surface area contributed by atoms with Gasteiger partial charge in [-0.05, 0) is 36.2 Å². The molecule has 7 heteroatoms. The van der Waals surface area contributed by atoms with E-state index in [9.17, 15) is 14.4 Å². The first-order chi connectivity index (χ1) is 13.3. The number of aryl methyl sites for hydroxylation is 1. The van der Waals surface area contributed by atoms with E-state index in [1.165, 1.54) is 15.8 Å². The molecule has 0 aliphatic heterocycles. The highest BCUT2D eigenvalue weighted by Gasteiger charge is 2.10. The van der Waals surface area contributed by atoms with Crippen molar-refractivity contribution in [3.8, 4) is 0 Å². The summed E-state index contributed by atoms with van der Waals surface area (Å²) in [6.07, 6.45) is 1.70. The van der Waals surface area contributed by atoms with Crippen LogP contribution in [0.2, 0.25) is 0 Å². The van der Waals surface area contributed by atoms with Crippen LogP contribution in [0.4, 0.5) is 5.69 Å². The van der Waals surface area contributed by atoms with Crippen LogP contribution in [-0.2, 0) is 22.6 Å². The number of rotatable bonds is 5. The number of amides is 2. The Morgan fingerprint density at radius 2 is 1.82 bits per heavy atom. The predicted molar refractivity (Wildman–Crippen MR) is 108 cm³/mol. The third-order valence-corrected chi connectivity index (χ3v) is 4.46. The average Bonchev–Trinajstić information content (AvgIpc) is 2.66. The van der Waals surface area contributed by atoms with Crippen molar-refractivity contribution >= 4 is 28.4 Å². The van der Waals surface area contributed by atoms with Crippen LogP contribution in [0.5, 0.6) is 0 Å². The Hall–Kier alpha value is -3.48. The highest BCUT2D eigenvalue weighted by atomic mass is 16.2. The summed E-state index contributed by atoms with van der Waals surface area (Å²) in [7, 11) is 3.42. The molecule has 1 heterocycles. The van der Waals surface area contributed by atoms with Gasteiger partial charge in [-0.25, -0.2) is 4.98 Å². The SMILES string of the molecule is Cc1cccc2c(=O)n(CC(=O)Nc3ccc(CC(=O)N(C)C)cc3)cnc12. The van der Waals surface area contributed by atoms with E-state index in [0.29, 0.717) is 23.0 Å². The molecule has 0 fully saturated rings. The fraction of sp³-hybridized carbons (Fsp3) is 0.238. The number of anilines is 1. The zero-order valence-corrected chi connectivity index (χ0v) is 16.1. The maximum absolute atomic E-state index is 12.6. The van der Waals surface area contributed by atoms with Gasteiger partial charge in [0, 0.05) is 19.8 Å². The van der Waals surface area contributed by atoms with Crippen molar-refractivity contribution in [3.63, 3.8) is 0 Å². The fourth-order valence-corrected chi connectivity index (χ4v) is 2.84. The van der Waals surface area contributed by atoms with Crippen LogP contribution < -0.4 is 10.9 Å². The van der Waals surface area contributed by atoms with Crippen LogP contribution in [0.1, 0.15) is 11.1 Å². The molecule has 0 atom stereocenters. The molecule has 1 N–H and O–H groups in total. The van der Waals surface area contributed by atoms with Crippen molar-refractivity contribution in [1.29, 1.82) is 0 Å². The first kappa shape index (κ1) is 19.3. The zero-order valence-electron chi connectivity index (χ0n) is 16.1. The van der Waals surface area contributed by atoms with Gasteiger partial charge in [-0.2, -0.15) is 0 Å². The van der Waals surface area contributed by atoms with Crippen molar-refractivity contribution in [2.24, 2.45) is 0 Å².